The van der Waals surface area contributed by atoms with Gasteiger partial charge in [0, 0.05) is 6.20 Å². The van der Waals surface area contributed by atoms with Crippen molar-refractivity contribution in [3.63, 3.8) is 0 Å². The molecule has 0 amide bonds. The lowest BCUT2D eigenvalue weighted by Gasteiger charge is -1.89. The van der Waals surface area contributed by atoms with Crippen molar-refractivity contribution in [1.82, 2.24) is 9.97 Å². The molecule has 0 saturated heterocycles. The molecular formula is C8H5ClN2O2S. The number of fused-ring (bicyclic) bond motifs is 1. The van der Waals surface area contributed by atoms with E-state index in [0.717, 1.165) is 4.70 Å². The molecule has 0 radical (unpaired) electrons. The number of hydrogen-bond acceptors (Lipinski definition) is 5. The van der Waals surface area contributed by atoms with Crippen LogP contribution in [0, 0.1) is 0 Å². The smallest absolute Gasteiger partial charge is 0.367 e. The highest BCUT2D eigenvalue weighted by Gasteiger charge is 2.12. The molecule has 6 heteroatoms. The zero-order chi connectivity index (χ0) is 10.1. The fraction of sp³-hybridized carbons (Fsp3) is 0.125. The normalized spacial score (nSPS) is 10.4. The lowest BCUT2D eigenvalue weighted by Crippen LogP contribution is -1.99. The minimum Gasteiger partial charge on any atom is -0.464 e. The van der Waals surface area contributed by atoms with Crippen LogP contribution in [0.15, 0.2) is 12.3 Å². The Bertz CT molecular complexity index is 497. The topological polar surface area (TPSA) is 52.1 Å². The lowest BCUT2D eigenvalue weighted by atomic mass is 10.5. The third-order valence-corrected chi connectivity index (χ3v) is 2.75. The standard InChI is InChI=1S/C8H5ClN2O2S/c1-13-8(12)7-11-6-5(14-7)2-4(9)3-10-6/h2-3H,1H3. The van der Waals surface area contributed by atoms with Crippen molar-refractivity contribution in [2.45, 2.75) is 0 Å². The molecule has 0 aromatic carbocycles. The Morgan fingerprint density at radius 3 is 3.14 bits per heavy atom. The van der Waals surface area contributed by atoms with Gasteiger partial charge in [-0.25, -0.2) is 14.8 Å². The second kappa shape index (κ2) is 3.51. The third kappa shape index (κ3) is 1.56. The number of thiazole rings is 1. The monoisotopic (exact) mass is 228 g/mol. The van der Waals surface area contributed by atoms with Gasteiger partial charge in [0.2, 0.25) is 5.01 Å². The summed E-state index contributed by atoms with van der Waals surface area (Å²) in [6, 6.07) is 1.72. The van der Waals surface area contributed by atoms with Crippen molar-refractivity contribution < 1.29 is 9.53 Å². The van der Waals surface area contributed by atoms with Gasteiger partial charge in [-0.3, -0.25) is 0 Å². The average Bonchev–Trinajstić information content (AvgIpc) is 2.59. The lowest BCUT2D eigenvalue weighted by molar-refractivity contribution is 0.0600. The SMILES string of the molecule is COC(=O)c1nc2ncc(Cl)cc2s1. The molecule has 0 fully saturated rings. The summed E-state index contributed by atoms with van der Waals surface area (Å²) in [6.45, 7) is 0. The molecule has 2 aromatic heterocycles. The quantitative estimate of drug-likeness (QED) is 0.702. The number of methoxy groups -OCH3 is 1. The molecule has 0 N–H and O–H groups in total. The van der Waals surface area contributed by atoms with Crippen LogP contribution in [0.3, 0.4) is 0 Å². The summed E-state index contributed by atoms with van der Waals surface area (Å²) >= 11 is 6.95. The molecule has 0 saturated carbocycles. The predicted octanol–water partition coefficient (Wildman–Crippen LogP) is 2.13. The van der Waals surface area contributed by atoms with E-state index < -0.39 is 5.97 Å². The molecule has 0 unspecified atom stereocenters. The highest BCUT2D eigenvalue weighted by molar-refractivity contribution is 7.20. The summed E-state index contributed by atoms with van der Waals surface area (Å²) in [7, 11) is 1.31. The summed E-state index contributed by atoms with van der Waals surface area (Å²) in [4.78, 5) is 19.1. The van der Waals surface area contributed by atoms with Crippen molar-refractivity contribution in [1.29, 1.82) is 0 Å². The first-order valence-corrected chi connectivity index (χ1v) is 4.90. The molecule has 2 rings (SSSR count). The van der Waals surface area contributed by atoms with Crippen LogP contribution in [-0.2, 0) is 4.74 Å². The van der Waals surface area contributed by atoms with Crippen LogP contribution in [0.2, 0.25) is 5.02 Å². The number of pyridine rings is 1. The highest BCUT2D eigenvalue weighted by atomic mass is 35.5. The van der Waals surface area contributed by atoms with Crippen LogP contribution in [0.1, 0.15) is 9.80 Å². The molecule has 0 bridgehead atoms. The largest absolute Gasteiger partial charge is 0.464 e. The van der Waals surface area contributed by atoms with Gasteiger partial charge >= 0.3 is 5.97 Å². The molecule has 72 valence electrons. The van der Waals surface area contributed by atoms with E-state index in [4.69, 9.17) is 11.6 Å². The van der Waals surface area contributed by atoms with Gasteiger partial charge in [0.05, 0.1) is 16.8 Å². The molecule has 0 spiro atoms. The van der Waals surface area contributed by atoms with E-state index in [-0.39, 0.29) is 5.01 Å². The van der Waals surface area contributed by atoms with E-state index in [2.05, 4.69) is 14.7 Å². The van der Waals surface area contributed by atoms with E-state index >= 15 is 0 Å². The number of hydrogen-bond donors (Lipinski definition) is 0. The van der Waals surface area contributed by atoms with Gasteiger partial charge in [0.15, 0.2) is 5.65 Å². The fourth-order valence-corrected chi connectivity index (χ4v) is 2.08. The minimum atomic E-state index is -0.455. The molecule has 2 aromatic rings. The summed E-state index contributed by atoms with van der Waals surface area (Å²) in [5.41, 5.74) is 0.514. The molecule has 14 heavy (non-hydrogen) atoms. The Hall–Kier alpha value is -1.20. The number of rotatable bonds is 1. The van der Waals surface area contributed by atoms with E-state index in [1.54, 1.807) is 6.07 Å². The Kier molecular flexibility index (Phi) is 2.35. The van der Waals surface area contributed by atoms with Crippen molar-refractivity contribution in [2.75, 3.05) is 7.11 Å². The molecule has 0 aliphatic rings. The maximum atomic E-state index is 11.1. The van der Waals surface area contributed by atoms with Crippen LogP contribution < -0.4 is 0 Å². The molecule has 2 heterocycles. The number of carbonyl (C=O) groups is 1. The van der Waals surface area contributed by atoms with Gasteiger partial charge in [0.25, 0.3) is 0 Å². The first kappa shape index (κ1) is 9.36. The minimum absolute atomic E-state index is 0.289. The molecule has 0 aliphatic heterocycles. The van der Waals surface area contributed by atoms with E-state index in [1.807, 2.05) is 0 Å². The number of halogens is 1. The van der Waals surface area contributed by atoms with Gasteiger partial charge in [-0.05, 0) is 6.07 Å². The summed E-state index contributed by atoms with van der Waals surface area (Å²) in [5, 5.41) is 0.815. The number of ether oxygens (including phenoxy) is 1. The van der Waals surface area contributed by atoms with Crippen LogP contribution in [-0.4, -0.2) is 23.0 Å². The number of carbonyl (C=O) groups excluding carboxylic acids is 1. The first-order valence-electron chi connectivity index (χ1n) is 3.71. The summed E-state index contributed by atoms with van der Waals surface area (Å²) < 4.78 is 5.32. The van der Waals surface area contributed by atoms with Gasteiger partial charge < -0.3 is 4.74 Å². The molecule has 0 aliphatic carbocycles. The van der Waals surface area contributed by atoms with E-state index in [0.29, 0.717) is 10.7 Å². The average molecular weight is 229 g/mol. The Labute approximate surface area is 88.5 Å². The Morgan fingerprint density at radius 2 is 2.43 bits per heavy atom. The number of aromatic nitrogens is 2. The number of esters is 1. The second-order valence-corrected chi connectivity index (χ2v) is 3.95. The molecule has 0 atom stereocenters. The Morgan fingerprint density at radius 1 is 1.64 bits per heavy atom. The third-order valence-electron chi connectivity index (χ3n) is 1.57. The van der Waals surface area contributed by atoms with E-state index in [1.165, 1.54) is 24.6 Å². The van der Waals surface area contributed by atoms with Crippen molar-refractivity contribution in [3.8, 4) is 0 Å². The Balaban J connectivity index is 2.56. The maximum Gasteiger partial charge on any atom is 0.367 e. The van der Waals surface area contributed by atoms with Crippen molar-refractivity contribution >= 4 is 39.3 Å². The van der Waals surface area contributed by atoms with Gasteiger partial charge in [-0.1, -0.05) is 11.6 Å². The van der Waals surface area contributed by atoms with Crippen LogP contribution in [0.4, 0.5) is 0 Å². The second-order valence-electron chi connectivity index (χ2n) is 2.49. The summed E-state index contributed by atoms with van der Waals surface area (Å²) in [6.07, 6.45) is 1.49. The molecule has 4 nitrogen and oxygen atoms in total. The van der Waals surface area contributed by atoms with Gasteiger partial charge in [-0.15, -0.1) is 11.3 Å². The predicted molar refractivity (Wildman–Crippen MR) is 53.8 cm³/mol. The van der Waals surface area contributed by atoms with Crippen molar-refractivity contribution in [3.05, 3.63) is 22.3 Å². The van der Waals surface area contributed by atoms with Gasteiger partial charge in [0.1, 0.15) is 0 Å². The van der Waals surface area contributed by atoms with Crippen LogP contribution >= 0.6 is 22.9 Å². The zero-order valence-corrected chi connectivity index (χ0v) is 8.72. The summed E-state index contributed by atoms with van der Waals surface area (Å²) in [5.74, 6) is -0.455. The van der Waals surface area contributed by atoms with Crippen LogP contribution in [0.25, 0.3) is 10.3 Å². The molecular weight excluding hydrogens is 224 g/mol. The van der Waals surface area contributed by atoms with Crippen LogP contribution in [0.5, 0.6) is 0 Å². The van der Waals surface area contributed by atoms with Gasteiger partial charge in [-0.2, -0.15) is 0 Å². The number of nitrogens with zero attached hydrogens (tertiary/aromatic N) is 2. The first-order chi connectivity index (χ1) is 6.70. The zero-order valence-electron chi connectivity index (χ0n) is 7.15. The van der Waals surface area contributed by atoms with Crippen molar-refractivity contribution in [2.24, 2.45) is 0 Å². The maximum absolute atomic E-state index is 11.1. The fourth-order valence-electron chi connectivity index (χ4n) is 0.970. The van der Waals surface area contributed by atoms with E-state index in [9.17, 15) is 4.79 Å². The highest BCUT2D eigenvalue weighted by Crippen LogP contribution is 2.23.